The summed E-state index contributed by atoms with van der Waals surface area (Å²) < 4.78 is 0. The molecule has 4 nitrogen and oxygen atoms in total. The van der Waals surface area contributed by atoms with Crippen molar-refractivity contribution in [2.24, 2.45) is 0 Å². The summed E-state index contributed by atoms with van der Waals surface area (Å²) in [5.74, 6) is 0.125. The molecule has 1 amide bonds. The van der Waals surface area contributed by atoms with Gasteiger partial charge in [-0.25, -0.2) is 4.98 Å². The second-order valence-corrected chi connectivity index (χ2v) is 6.22. The van der Waals surface area contributed by atoms with Crippen molar-refractivity contribution in [3.63, 3.8) is 0 Å². The molecule has 3 rings (SSSR count). The van der Waals surface area contributed by atoms with Crippen molar-refractivity contribution in [2.75, 3.05) is 11.4 Å². The molecule has 0 aliphatic rings. The molecule has 0 bridgehead atoms. The van der Waals surface area contributed by atoms with Crippen molar-refractivity contribution < 1.29 is 4.79 Å². The summed E-state index contributed by atoms with van der Waals surface area (Å²) >= 11 is 1.59. The summed E-state index contributed by atoms with van der Waals surface area (Å²) in [6.07, 6.45) is 4.67. The number of nitrogens with zero attached hydrogens (tertiary/aromatic N) is 3. The Bertz CT molecular complexity index is 787. The molecule has 0 N–H and O–H groups in total. The van der Waals surface area contributed by atoms with E-state index < -0.39 is 0 Å². The lowest BCUT2D eigenvalue weighted by atomic mass is 10.2. The summed E-state index contributed by atoms with van der Waals surface area (Å²) in [5, 5.41) is 2.97. The molecule has 0 fully saturated rings. The minimum atomic E-state index is 0.125. The van der Waals surface area contributed by atoms with Gasteiger partial charge in [-0.05, 0) is 37.6 Å². The average molecular weight is 337 g/mol. The highest BCUT2D eigenvalue weighted by molar-refractivity contribution is 7.13. The van der Waals surface area contributed by atoms with Crippen LogP contribution in [-0.4, -0.2) is 22.4 Å². The third-order valence-corrected chi connectivity index (χ3v) is 4.68. The molecule has 1 aromatic carbocycles. The number of hydrogen-bond donors (Lipinski definition) is 0. The molecular formula is C19H19N3OS. The summed E-state index contributed by atoms with van der Waals surface area (Å²) in [6, 6.07) is 13.7. The zero-order valence-corrected chi connectivity index (χ0v) is 14.4. The Kier molecular flexibility index (Phi) is 5.33. The van der Waals surface area contributed by atoms with Gasteiger partial charge in [0.15, 0.2) is 0 Å². The van der Waals surface area contributed by atoms with Crippen molar-refractivity contribution in [3.05, 3.63) is 65.9 Å². The maximum absolute atomic E-state index is 12.5. The predicted molar refractivity (Wildman–Crippen MR) is 98.1 cm³/mol. The number of rotatable bonds is 6. The highest BCUT2D eigenvalue weighted by Crippen LogP contribution is 2.23. The van der Waals surface area contributed by atoms with Crippen LogP contribution in [-0.2, 0) is 11.2 Å². The van der Waals surface area contributed by atoms with Crippen LogP contribution < -0.4 is 4.90 Å². The van der Waals surface area contributed by atoms with Gasteiger partial charge in [-0.15, -0.1) is 11.3 Å². The van der Waals surface area contributed by atoms with Crippen LogP contribution in [0.5, 0.6) is 0 Å². The summed E-state index contributed by atoms with van der Waals surface area (Å²) in [4.78, 5) is 23.1. The van der Waals surface area contributed by atoms with Crippen LogP contribution in [0.2, 0.25) is 0 Å². The zero-order chi connectivity index (χ0) is 16.8. The van der Waals surface area contributed by atoms with E-state index in [1.165, 1.54) is 0 Å². The Labute approximate surface area is 145 Å². The van der Waals surface area contributed by atoms with Gasteiger partial charge in [0.2, 0.25) is 5.91 Å². The number of aryl methyl sites for hydroxylation is 1. The number of benzene rings is 1. The van der Waals surface area contributed by atoms with E-state index in [4.69, 9.17) is 0 Å². The van der Waals surface area contributed by atoms with Gasteiger partial charge in [0.1, 0.15) is 5.01 Å². The summed E-state index contributed by atoms with van der Waals surface area (Å²) in [7, 11) is 0. The first kappa shape index (κ1) is 16.3. The minimum absolute atomic E-state index is 0.125. The molecule has 0 spiro atoms. The maximum atomic E-state index is 12.5. The third-order valence-electron chi connectivity index (χ3n) is 3.74. The van der Waals surface area contributed by atoms with Crippen molar-refractivity contribution >= 4 is 22.9 Å². The molecule has 24 heavy (non-hydrogen) atoms. The number of carbonyl (C=O) groups excluding carboxylic acids is 1. The van der Waals surface area contributed by atoms with Crippen LogP contribution >= 0.6 is 11.3 Å². The Morgan fingerprint density at radius 2 is 2.00 bits per heavy atom. The number of para-hydroxylation sites is 1. The Morgan fingerprint density at radius 3 is 2.71 bits per heavy atom. The first-order valence-electron chi connectivity index (χ1n) is 7.98. The van der Waals surface area contributed by atoms with E-state index in [9.17, 15) is 4.79 Å². The van der Waals surface area contributed by atoms with Crippen LogP contribution in [0.3, 0.4) is 0 Å². The van der Waals surface area contributed by atoms with Crippen molar-refractivity contribution in [3.8, 4) is 10.6 Å². The van der Waals surface area contributed by atoms with Crippen LogP contribution in [0.25, 0.3) is 10.6 Å². The van der Waals surface area contributed by atoms with Gasteiger partial charge in [0.25, 0.3) is 0 Å². The predicted octanol–water partition coefficient (Wildman–Crippen LogP) is 4.19. The molecule has 0 aliphatic carbocycles. The monoisotopic (exact) mass is 337 g/mol. The average Bonchev–Trinajstić information content (AvgIpc) is 3.11. The molecule has 0 saturated carbocycles. The van der Waals surface area contributed by atoms with Crippen LogP contribution in [0.1, 0.15) is 19.0 Å². The second kappa shape index (κ2) is 7.84. The van der Waals surface area contributed by atoms with Gasteiger partial charge in [0.05, 0.1) is 5.69 Å². The third kappa shape index (κ3) is 3.86. The number of amides is 1. The first-order valence-corrected chi connectivity index (χ1v) is 8.86. The lowest BCUT2D eigenvalue weighted by molar-refractivity contribution is -0.118. The molecule has 0 atom stereocenters. The molecule has 2 heterocycles. The van der Waals surface area contributed by atoms with Crippen molar-refractivity contribution in [2.45, 2.75) is 19.8 Å². The van der Waals surface area contributed by atoms with E-state index in [0.29, 0.717) is 19.4 Å². The highest BCUT2D eigenvalue weighted by atomic mass is 32.1. The van der Waals surface area contributed by atoms with E-state index in [1.807, 2.05) is 65.9 Å². The van der Waals surface area contributed by atoms with Gasteiger partial charge in [0, 0.05) is 42.0 Å². The highest BCUT2D eigenvalue weighted by Gasteiger charge is 2.14. The normalized spacial score (nSPS) is 10.5. The van der Waals surface area contributed by atoms with Crippen LogP contribution in [0.4, 0.5) is 5.69 Å². The Hall–Kier alpha value is -2.53. The fourth-order valence-electron chi connectivity index (χ4n) is 2.52. The topological polar surface area (TPSA) is 46.1 Å². The number of hydrogen-bond acceptors (Lipinski definition) is 4. The van der Waals surface area contributed by atoms with E-state index in [0.717, 1.165) is 22.0 Å². The fraction of sp³-hybridized carbons (Fsp3) is 0.211. The maximum Gasteiger partial charge on any atom is 0.227 e. The Balaban J connectivity index is 1.63. The lowest BCUT2D eigenvalue weighted by Gasteiger charge is -2.20. The van der Waals surface area contributed by atoms with Gasteiger partial charge in [-0.1, -0.05) is 18.2 Å². The van der Waals surface area contributed by atoms with E-state index >= 15 is 0 Å². The van der Waals surface area contributed by atoms with Crippen molar-refractivity contribution in [1.82, 2.24) is 9.97 Å². The fourth-order valence-corrected chi connectivity index (χ4v) is 3.37. The van der Waals surface area contributed by atoms with E-state index in [1.54, 1.807) is 17.5 Å². The smallest absolute Gasteiger partial charge is 0.227 e. The van der Waals surface area contributed by atoms with Crippen LogP contribution in [0, 0.1) is 0 Å². The minimum Gasteiger partial charge on any atom is -0.313 e. The lowest BCUT2D eigenvalue weighted by Crippen LogP contribution is -2.30. The van der Waals surface area contributed by atoms with E-state index in [-0.39, 0.29) is 5.91 Å². The molecule has 122 valence electrons. The molecule has 3 aromatic rings. The SMILES string of the molecule is CCN(C(=O)CCc1csc(-c2cccnc2)n1)c1ccccc1. The number of anilines is 1. The molecule has 0 aliphatic heterocycles. The standard InChI is InChI=1S/C19H19N3OS/c1-2-22(17-8-4-3-5-9-17)18(23)11-10-16-14-24-19(21-16)15-7-6-12-20-13-15/h3-9,12-14H,2,10-11H2,1H3. The number of pyridine rings is 1. The molecule has 0 saturated heterocycles. The molecule has 5 heteroatoms. The number of thiazole rings is 1. The number of carbonyl (C=O) groups is 1. The molecule has 0 unspecified atom stereocenters. The van der Waals surface area contributed by atoms with Crippen molar-refractivity contribution in [1.29, 1.82) is 0 Å². The van der Waals surface area contributed by atoms with Gasteiger partial charge in [-0.2, -0.15) is 0 Å². The second-order valence-electron chi connectivity index (χ2n) is 5.36. The molecule has 2 aromatic heterocycles. The molecule has 0 radical (unpaired) electrons. The molecular weight excluding hydrogens is 318 g/mol. The van der Waals surface area contributed by atoms with E-state index in [2.05, 4.69) is 9.97 Å². The first-order chi connectivity index (χ1) is 11.8. The van der Waals surface area contributed by atoms with Crippen LogP contribution in [0.15, 0.2) is 60.2 Å². The summed E-state index contributed by atoms with van der Waals surface area (Å²) in [6.45, 7) is 2.66. The quantitative estimate of drug-likeness (QED) is 0.677. The zero-order valence-electron chi connectivity index (χ0n) is 13.6. The van der Waals surface area contributed by atoms with Gasteiger partial charge >= 0.3 is 0 Å². The largest absolute Gasteiger partial charge is 0.313 e. The van der Waals surface area contributed by atoms with Gasteiger partial charge < -0.3 is 4.90 Å². The summed E-state index contributed by atoms with van der Waals surface area (Å²) in [5.41, 5.74) is 2.91. The van der Waals surface area contributed by atoms with Gasteiger partial charge in [-0.3, -0.25) is 9.78 Å². The number of aromatic nitrogens is 2. The Morgan fingerprint density at radius 1 is 1.17 bits per heavy atom.